The van der Waals surface area contributed by atoms with E-state index in [1.165, 1.54) is 177 Å². The van der Waals surface area contributed by atoms with Gasteiger partial charge in [-0.2, -0.15) is 0 Å². The minimum atomic E-state index is 0.841. The molecule has 0 heterocycles. The molecule has 2 bridgehead atoms. The molecule has 0 saturated heterocycles. The van der Waals surface area contributed by atoms with Crippen molar-refractivity contribution in [3.05, 3.63) is 289 Å². The Balaban J connectivity index is 0.964. The van der Waals surface area contributed by atoms with Crippen LogP contribution in [0.3, 0.4) is 0 Å². The molecule has 0 aromatic heterocycles. The van der Waals surface area contributed by atoms with Gasteiger partial charge in [-0.05, 0) is 196 Å². The number of allylic oxidation sites excluding steroid dienone is 3. The van der Waals surface area contributed by atoms with Gasteiger partial charge >= 0.3 is 0 Å². The van der Waals surface area contributed by atoms with Crippen molar-refractivity contribution in [2.45, 2.75) is 6.42 Å². The quantitative estimate of drug-likeness (QED) is 0.156. The normalized spacial score (nSPS) is 13.0. The highest BCUT2D eigenvalue weighted by Crippen LogP contribution is 2.63. The zero-order valence-electron chi connectivity index (χ0n) is 42.1. The van der Waals surface area contributed by atoms with Gasteiger partial charge in [-0.1, -0.05) is 255 Å². The van der Waals surface area contributed by atoms with Gasteiger partial charge in [0.15, 0.2) is 0 Å². The summed E-state index contributed by atoms with van der Waals surface area (Å²) in [6.07, 6.45) is 5.82. The molecule has 4 aliphatic rings. The first-order chi connectivity index (χ1) is 38.2. The van der Waals surface area contributed by atoms with Crippen molar-refractivity contribution in [2.24, 2.45) is 0 Å². The van der Waals surface area contributed by atoms with Gasteiger partial charge in [0.05, 0.1) is 0 Å². The largest absolute Gasteiger partial charge is 0.0622 e. The highest BCUT2D eigenvalue weighted by molar-refractivity contribution is 6.31. The van der Waals surface area contributed by atoms with E-state index in [1.807, 2.05) is 0 Å². The summed E-state index contributed by atoms with van der Waals surface area (Å²) in [6.45, 7) is 0. The molecule has 13 aromatic rings. The molecule has 0 fully saturated rings. The topological polar surface area (TPSA) is 0 Å². The molecule has 0 radical (unpaired) electrons. The first kappa shape index (κ1) is 42.5. The van der Waals surface area contributed by atoms with Gasteiger partial charge in [0.1, 0.15) is 0 Å². The molecule has 77 heavy (non-hydrogen) atoms. The molecule has 354 valence electrons. The first-order valence-electron chi connectivity index (χ1n) is 27.0. The minimum absolute atomic E-state index is 0.841. The Kier molecular flexibility index (Phi) is 9.00. The summed E-state index contributed by atoms with van der Waals surface area (Å²) < 4.78 is 0. The van der Waals surface area contributed by atoms with Gasteiger partial charge in [-0.25, -0.2) is 0 Å². The van der Waals surface area contributed by atoms with Gasteiger partial charge in [-0.15, -0.1) is 0 Å². The van der Waals surface area contributed by atoms with E-state index in [1.54, 1.807) is 0 Å². The molecule has 0 nitrogen and oxygen atoms in total. The van der Waals surface area contributed by atoms with E-state index in [4.69, 9.17) is 0 Å². The lowest BCUT2D eigenvalue weighted by atomic mass is 9.81. The van der Waals surface area contributed by atoms with Crippen molar-refractivity contribution in [2.75, 3.05) is 0 Å². The van der Waals surface area contributed by atoms with Crippen molar-refractivity contribution in [3.8, 4) is 111 Å². The second-order valence-electron chi connectivity index (χ2n) is 21.3. The molecule has 0 saturated carbocycles. The number of hydrogen-bond acceptors (Lipinski definition) is 0. The van der Waals surface area contributed by atoms with Crippen molar-refractivity contribution >= 4 is 43.5 Å². The summed E-state index contributed by atoms with van der Waals surface area (Å²) in [5, 5.41) is 7.79. The second kappa shape index (κ2) is 16.3. The zero-order valence-corrected chi connectivity index (χ0v) is 42.1. The number of benzene rings is 13. The third-order valence-corrected chi connectivity index (χ3v) is 17.4. The molecular weight excluding hydrogens is 925 g/mol. The lowest BCUT2D eigenvalue weighted by molar-refractivity contribution is 1.30. The lowest BCUT2D eigenvalue weighted by Crippen LogP contribution is -1.95. The molecule has 0 unspecified atom stereocenters. The molecule has 0 atom stereocenters. The SMILES string of the molecule is C1=C2c3c(ccc4c3CC(=C1)c1ccc3c5c(ccc-4c15)-c1c-3c(-c3ccccc3)c3ccc(-c4ccccc4)cc3c1-c1ccccc1)-c1c2c(-c2ccccc2)c2ccc(-c3ccccc3)cc2c1-c1ccccc1. The third kappa shape index (κ3) is 6.04. The monoisotopic (exact) mass is 970 g/mol. The molecule has 0 amide bonds. The molecular formula is C77H46. The minimum Gasteiger partial charge on any atom is -0.0622 e. The number of hydrogen-bond donors (Lipinski definition) is 0. The Morgan fingerprint density at radius 2 is 0.571 bits per heavy atom. The van der Waals surface area contributed by atoms with Gasteiger partial charge in [-0.3, -0.25) is 0 Å². The standard InChI is InChI=1S/C77H46/c1-7-19-46(20-8-1)52-31-34-58-65(43-52)69(50-27-15-5-16-28-50)75-61-41-38-56-57-39-42-63-73-62(40-37-55(72(57)73)54-33-36-60(71(61)64(56)45-54)74(75)67(58)48-23-11-3-12-24-48)76-68(49-25-13-4-14-26-49)59-35-32-53(47-21-9-2-10-22-47)44-66(59)70(77(63)76)51-29-17-6-18-30-51/h1-44H,45H2. The number of rotatable bonds is 6. The van der Waals surface area contributed by atoms with E-state index >= 15 is 0 Å². The van der Waals surface area contributed by atoms with Gasteiger partial charge < -0.3 is 0 Å². The van der Waals surface area contributed by atoms with Gasteiger partial charge in [0.2, 0.25) is 0 Å². The summed E-state index contributed by atoms with van der Waals surface area (Å²) in [6, 6.07) is 95.5. The summed E-state index contributed by atoms with van der Waals surface area (Å²) >= 11 is 0. The fraction of sp³-hybridized carbons (Fsp3) is 0.0130. The molecule has 0 aliphatic heterocycles. The van der Waals surface area contributed by atoms with Crippen LogP contribution in [0.2, 0.25) is 0 Å². The average molecular weight is 971 g/mol. The van der Waals surface area contributed by atoms with Crippen LogP contribution in [0, 0.1) is 0 Å². The lowest BCUT2D eigenvalue weighted by Gasteiger charge is -2.21. The summed E-state index contributed by atoms with van der Waals surface area (Å²) in [5.74, 6) is 0. The fourth-order valence-electron chi connectivity index (χ4n) is 14.2. The van der Waals surface area contributed by atoms with E-state index in [9.17, 15) is 0 Å². The average Bonchev–Trinajstić information content (AvgIpc) is 4.11. The van der Waals surface area contributed by atoms with E-state index in [-0.39, 0.29) is 0 Å². The molecule has 13 aromatic carbocycles. The first-order valence-corrected chi connectivity index (χ1v) is 27.0. The Labute approximate surface area is 447 Å². The van der Waals surface area contributed by atoms with E-state index in [0.717, 1.165) is 6.42 Å². The second-order valence-corrected chi connectivity index (χ2v) is 21.3. The van der Waals surface area contributed by atoms with Crippen LogP contribution in [0.1, 0.15) is 22.3 Å². The van der Waals surface area contributed by atoms with Crippen molar-refractivity contribution < 1.29 is 0 Å². The Bertz CT molecular complexity index is 4740. The van der Waals surface area contributed by atoms with Crippen LogP contribution in [0.25, 0.3) is 155 Å². The van der Waals surface area contributed by atoms with Crippen LogP contribution in [0.4, 0.5) is 0 Å². The van der Waals surface area contributed by atoms with Crippen molar-refractivity contribution in [3.63, 3.8) is 0 Å². The maximum absolute atomic E-state index is 2.49. The van der Waals surface area contributed by atoms with Crippen molar-refractivity contribution in [1.29, 1.82) is 0 Å². The van der Waals surface area contributed by atoms with Gasteiger partial charge in [0.25, 0.3) is 0 Å². The van der Waals surface area contributed by atoms with Crippen LogP contribution in [0.5, 0.6) is 0 Å². The van der Waals surface area contributed by atoms with Gasteiger partial charge in [0, 0.05) is 0 Å². The molecule has 0 heteroatoms. The molecule has 17 rings (SSSR count). The maximum atomic E-state index is 2.49. The third-order valence-electron chi connectivity index (χ3n) is 17.4. The number of fused-ring (bicyclic) bond motifs is 11. The van der Waals surface area contributed by atoms with Crippen LogP contribution in [-0.2, 0) is 6.42 Å². The Morgan fingerprint density at radius 3 is 1.05 bits per heavy atom. The van der Waals surface area contributed by atoms with Crippen LogP contribution >= 0.6 is 0 Å². The Morgan fingerprint density at radius 1 is 0.208 bits per heavy atom. The molecule has 0 N–H and O–H groups in total. The summed E-state index contributed by atoms with van der Waals surface area (Å²) in [5.41, 5.74) is 33.7. The van der Waals surface area contributed by atoms with E-state index < -0.39 is 0 Å². The van der Waals surface area contributed by atoms with Crippen LogP contribution in [0.15, 0.2) is 267 Å². The predicted molar refractivity (Wildman–Crippen MR) is 326 cm³/mol. The molecule has 4 aliphatic carbocycles. The van der Waals surface area contributed by atoms with E-state index in [2.05, 4.69) is 267 Å². The summed E-state index contributed by atoms with van der Waals surface area (Å²) in [7, 11) is 0. The highest BCUT2D eigenvalue weighted by Gasteiger charge is 2.39. The fourth-order valence-corrected chi connectivity index (χ4v) is 14.2. The van der Waals surface area contributed by atoms with Crippen LogP contribution < -0.4 is 0 Å². The smallest absolute Gasteiger partial charge is 0.000705 e. The summed E-state index contributed by atoms with van der Waals surface area (Å²) in [4.78, 5) is 0. The highest BCUT2D eigenvalue weighted by atomic mass is 14.4. The van der Waals surface area contributed by atoms with Crippen LogP contribution in [-0.4, -0.2) is 0 Å². The Hall–Kier alpha value is -9.88. The predicted octanol–water partition coefficient (Wildman–Crippen LogP) is 20.8. The zero-order chi connectivity index (χ0) is 50.3. The maximum Gasteiger partial charge on any atom is -0.000705 e. The van der Waals surface area contributed by atoms with Crippen molar-refractivity contribution in [1.82, 2.24) is 0 Å². The molecule has 0 spiro atoms. The van der Waals surface area contributed by atoms with E-state index in [0.29, 0.717) is 0 Å².